The Morgan fingerprint density at radius 1 is 0.322 bits per heavy atom. The van der Waals surface area contributed by atoms with Gasteiger partial charge in [-0.2, -0.15) is 0 Å². The fourth-order valence-electron chi connectivity index (χ4n) is 7.92. The van der Waals surface area contributed by atoms with Crippen LogP contribution in [0.4, 0.5) is 9.59 Å². The van der Waals surface area contributed by atoms with E-state index < -0.39 is 48.1 Å². The van der Waals surface area contributed by atoms with Crippen molar-refractivity contribution < 1.29 is 95.2 Å². The second-order valence-electron chi connectivity index (χ2n) is 18.9. The van der Waals surface area contributed by atoms with Gasteiger partial charge in [-0.15, -0.1) is 0 Å². The average Bonchev–Trinajstić information content (AvgIpc) is 3.22. The molecule has 5 aromatic carbocycles. The molecule has 0 atom stereocenters. The zero-order chi connectivity index (χ0) is 62.4. The summed E-state index contributed by atoms with van der Waals surface area (Å²) in [6.07, 6.45) is 10.7. The second kappa shape index (κ2) is 38.8. The van der Waals surface area contributed by atoms with E-state index in [0.29, 0.717) is 75.6 Å². The number of ether oxygens (including phenoxy) is 12. The molecule has 5 rings (SSSR count). The molecule has 0 aliphatic rings. The molecule has 20 heteroatoms. The first kappa shape index (κ1) is 67.8. The summed E-state index contributed by atoms with van der Waals surface area (Å²) in [7, 11) is 0. The van der Waals surface area contributed by atoms with E-state index in [1.165, 1.54) is 60.7 Å². The molecule has 0 N–H and O–H groups in total. The summed E-state index contributed by atoms with van der Waals surface area (Å²) in [5, 5.41) is 0. The van der Waals surface area contributed by atoms with Gasteiger partial charge >= 0.3 is 48.1 Å². The topological polar surface area (TPSA) is 247 Å². The van der Waals surface area contributed by atoms with Crippen molar-refractivity contribution in [3.05, 3.63) is 182 Å². The van der Waals surface area contributed by atoms with Gasteiger partial charge in [0.1, 0.15) is 34.5 Å². The first-order valence-electron chi connectivity index (χ1n) is 28.4. The van der Waals surface area contributed by atoms with E-state index in [1.54, 1.807) is 6.07 Å². The molecule has 0 saturated carbocycles. The summed E-state index contributed by atoms with van der Waals surface area (Å²) >= 11 is 0. The lowest BCUT2D eigenvalue weighted by Crippen LogP contribution is -2.13. The fraction of sp³-hybridized carbons (Fsp3) is 0.313. The molecule has 0 aliphatic heterocycles. The molecule has 0 bridgehead atoms. The quantitative estimate of drug-likeness (QED) is 0.00885. The maximum atomic E-state index is 13.9. The predicted octanol–water partition coefficient (Wildman–Crippen LogP) is 12.8. The van der Waals surface area contributed by atoms with Crippen molar-refractivity contribution in [2.75, 3.05) is 52.9 Å². The molecule has 460 valence electrons. The maximum Gasteiger partial charge on any atom is 0.513 e. The first-order valence-corrected chi connectivity index (χ1v) is 28.4. The van der Waals surface area contributed by atoms with E-state index in [0.717, 1.165) is 85.9 Å². The molecule has 0 fully saturated rings. The molecule has 0 aliphatic carbocycles. The van der Waals surface area contributed by atoms with Gasteiger partial charge in [0.05, 0.1) is 64.0 Å². The molecule has 0 amide bonds. The van der Waals surface area contributed by atoms with Crippen LogP contribution in [0.25, 0.3) is 11.1 Å². The number of hydrogen-bond donors (Lipinski definition) is 0. The Hall–Kier alpha value is -9.98. The van der Waals surface area contributed by atoms with E-state index in [-0.39, 0.29) is 67.0 Å². The third-order valence-corrected chi connectivity index (χ3v) is 12.4. The van der Waals surface area contributed by atoms with Gasteiger partial charge in [-0.3, -0.25) is 0 Å². The van der Waals surface area contributed by atoms with Crippen molar-refractivity contribution in [3.8, 4) is 45.6 Å². The van der Waals surface area contributed by atoms with Crippen LogP contribution >= 0.6 is 0 Å². The van der Waals surface area contributed by atoms with Crippen LogP contribution in [-0.4, -0.2) is 101 Å². The summed E-state index contributed by atoms with van der Waals surface area (Å²) < 4.78 is 65.0. The van der Waals surface area contributed by atoms with E-state index in [1.807, 2.05) is 42.5 Å². The zero-order valence-electron chi connectivity index (χ0n) is 48.5. The molecule has 0 spiro atoms. The number of carbonyl (C=O) groups is 8. The molecular formula is C67H72O20. The van der Waals surface area contributed by atoms with Crippen molar-refractivity contribution in [1.82, 2.24) is 0 Å². The molecule has 87 heavy (non-hydrogen) atoms. The number of benzene rings is 5. The highest BCUT2D eigenvalue weighted by atomic mass is 16.7. The normalized spacial score (nSPS) is 10.4. The summed E-state index contributed by atoms with van der Waals surface area (Å²) in [5.74, 6) is -1.85. The Morgan fingerprint density at radius 3 is 1.13 bits per heavy atom. The van der Waals surface area contributed by atoms with Gasteiger partial charge in [0.15, 0.2) is 0 Å². The second-order valence-corrected chi connectivity index (χ2v) is 18.9. The molecule has 0 radical (unpaired) electrons. The van der Waals surface area contributed by atoms with Gasteiger partial charge in [-0.25, -0.2) is 38.4 Å². The lowest BCUT2D eigenvalue weighted by Gasteiger charge is -2.17. The minimum absolute atomic E-state index is 0.0153. The van der Waals surface area contributed by atoms with Gasteiger partial charge in [0.2, 0.25) is 0 Å². The summed E-state index contributed by atoms with van der Waals surface area (Å²) in [6, 6.07) is 29.1. The highest BCUT2D eigenvalue weighted by Crippen LogP contribution is 2.35. The molecule has 0 heterocycles. The number of hydrogen-bond acceptors (Lipinski definition) is 20. The Labute approximate surface area is 505 Å². The Bertz CT molecular complexity index is 3090. The van der Waals surface area contributed by atoms with Gasteiger partial charge in [-0.1, -0.05) is 44.5 Å². The third-order valence-electron chi connectivity index (χ3n) is 12.4. The average molecular weight is 1200 g/mol. The monoisotopic (exact) mass is 1200 g/mol. The number of esters is 6. The third kappa shape index (κ3) is 26.2. The SMILES string of the molecule is C=CC(=O)OCCCCCCOc1ccc(-c2ccc(OCCCCCCOC(=O)C=C)cc2Cc2cc(OC(=O)c3ccc(OC(=O)OCCCCOC(=O)C=C)cc3)ccc2OC(=O)c2ccc(OC(=O)OCCCCOC(=O)C=C)cc2)cc1. The summed E-state index contributed by atoms with van der Waals surface area (Å²) in [6.45, 7) is 15.3. The number of unbranched alkanes of at least 4 members (excludes halogenated alkanes) is 8. The van der Waals surface area contributed by atoms with E-state index in [2.05, 4.69) is 26.3 Å². The Balaban J connectivity index is 1.35. The van der Waals surface area contributed by atoms with Gasteiger partial charge in [-0.05, 0) is 185 Å². The molecule has 5 aromatic rings. The number of carbonyl (C=O) groups excluding carboxylic acids is 8. The predicted molar refractivity (Wildman–Crippen MR) is 319 cm³/mol. The van der Waals surface area contributed by atoms with Crippen molar-refractivity contribution >= 4 is 48.1 Å². The van der Waals surface area contributed by atoms with Crippen LogP contribution in [-0.2, 0) is 54.0 Å². The van der Waals surface area contributed by atoms with Crippen LogP contribution in [0.5, 0.6) is 34.5 Å². The summed E-state index contributed by atoms with van der Waals surface area (Å²) in [4.78, 5) is 97.5. The minimum atomic E-state index is -0.970. The Kier molecular flexibility index (Phi) is 30.2. The van der Waals surface area contributed by atoms with E-state index in [4.69, 9.17) is 56.8 Å². The van der Waals surface area contributed by atoms with Crippen LogP contribution in [0.2, 0.25) is 0 Å². The fourth-order valence-corrected chi connectivity index (χ4v) is 7.92. The maximum absolute atomic E-state index is 13.9. The lowest BCUT2D eigenvalue weighted by atomic mass is 9.94. The van der Waals surface area contributed by atoms with E-state index >= 15 is 0 Å². The number of rotatable bonds is 39. The van der Waals surface area contributed by atoms with Crippen LogP contribution in [0.3, 0.4) is 0 Å². The van der Waals surface area contributed by atoms with Gasteiger partial charge < -0.3 is 56.8 Å². The highest BCUT2D eigenvalue weighted by molar-refractivity contribution is 5.92. The molecule has 20 nitrogen and oxygen atoms in total. The van der Waals surface area contributed by atoms with Gasteiger partial charge in [0, 0.05) is 36.3 Å². The lowest BCUT2D eigenvalue weighted by molar-refractivity contribution is -0.138. The summed E-state index contributed by atoms with van der Waals surface area (Å²) in [5.41, 5.74) is 3.05. The van der Waals surface area contributed by atoms with Crippen molar-refractivity contribution in [2.24, 2.45) is 0 Å². The smallest absolute Gasteiger partial charge is 0.494 e. The zero-order valence-corrected chi connectivity index (χ0v) is 48.5. The molecule has 0 unspecified atom stereocenters. The standard InChI is InChI=1S/C67H72O20/c1-5-60(68)78-39-15-11-9-13-37-76-53-27-21-48(22-28-53)58-35-33-56(77-38-14-10-12-16-40-79-61(69)6-2)46-51(58)45-52-47-57(84-64(72)49-23-29-54(30-24-49)85-66(74)82-43-19-17-41-80-62(70)7-3)34-36-59(52)87-65(73)50-25-31-55(32-26-50)86-67(75)83-44-20-18-42-81-63(71)8-4/h5-8,21-36,46-47H,1-4,9-20,37-45H2. The largest absolute Gasteiger partial charge is 0.513 e. The minimum Gasteiger partial charge on any atom is -0.494 e. The molecular weight excluding hydrogens is 1120 g/mol. The van der Waals surface area contributed by atoms with E-state index in [9.17, 15) is 38.4 Å². The van der Waals surface area contributed by atoms with Crippen LogP contribution in [0, 0.1) is 0 Å². The van der Waals surface area contributed by atoms with Gasteiger partial charge in [0.25, 0.3) is 0 Å². The van der Waals surface area contributed by atoms with Crippen molar-refractivity contribution in [3.63, 3.8) is 0 Å². The van der Waals surface area contributed by atoms with Crippen molar-refractivity contribution in [1.29, 1.82) is 0 Å². The Morgan fingerprint density at radius 2 is 0.678 bits per heavy atom. The van der Waals surface area contributed by atoms with Crippen LogP contribution in [0.15, 0.2) is 160 Å². The van der Waals surface area contributed by atoms with Crippen molar-refractivity contribution in [2.45, 2.75) is 83.5 Å². The van der Waals surface area contributed by atoms with Crippen LogP contribution < -0.4 is 28.4 Å². The first-order chi connectivity index (χ1) is 42.3. The molecule has 0 saturated heterocycles. The van der Waals surface area contributed by atoms with Crippen LogP contribution in [0.1, 0.15) is 109 Å². The molecule has 0 aromatic heterocycles. The highest BCUT2D eigenvalue weighted by Gasteiger charge is 2.20.